The van der Waals surface area contributed by atoms with Crippen molar-refractivity contribution in [2.45, 2.75) is 19.4 Å². The predicted octanol–water partition coefficient (Wildman–Crippen LogP) is 2.55. The van der Waals surface area contributed by atoms with Crippen LogP contribution in [0.4, 0.5) is 5.69 Å². The van der Waals surface area contributed by atoms with Crippen LogP contribution in [0.5, 0.6) is 0 Å². The molecule has 2 aromatic rings. The topological polar surface area (TPSA) is 49.3 Å². The number of rotatable bonds is 2. The second kappa shape index (κ2) is 4.18. The van der Waals surface area contributed by atoms with E-state index in [-0.39, 0.29) is 0 Å². The fourth-order valence-electron chi connectivity index (χ4n) is 1.55. The van der Waals surface area contributed by atoms with Gasteiger partial charge in [-0.15, -0.1) is 0 Å². The first-order valence-corrected chi connectivity index (χ1v) is 5.49. The zero-order valence-electron chi connectivity index (χ0n) is 9.90. The molecule has 0 aromatic heterocycles. The van der Waals surface area contributed by atoms with Gasteiger partial charge in [0.2, 0.25) is 0 Å². The van der Waals surface area contributed by atoms with Gasteiger partial charge in [0.25, 0.3) is 5.91 Å². The highest BCUT2D eigenvalue weighted by atomic mass is 16.3. The highest BCUT2D eigenvalue weighted by molar-refractivity contribution is 5.98. The highest BCUT2D eigenvalue weighted by Gasteiger charge is 2.23. The van der Waals surface area contributed by atoms with Crippen LogP contribution in [-0.2, 0) is 4.79 Å². The fourth-order valence-corrected chi connectivity index (χ4v) is 1.55. The molecule has 0 saturated heterocycles. The lowest BCUT2D eigenvalue weighted by molar-refractivity contribution is -0.130. The summed E-state index contributed by atoms with van der Waals surface area (Å²) in [5.41, 5.74) is -0.679. The lowest BCUT2D eigenvalue weighted by Crippen LogP contribution is -2.36. The summed E-state index contributed by atoms with van der Waals surface area (Å²) >= 11 is 0. The predicted molar refractivity (Wildman–Crippen MR) is 68.9 cm³/mol. The molecule has 3 heteroatoms. The van der Waals surface area contributed by atoms with Crippen molar-refractivity contribution in [2.24, 2.45) is 0 Å². The molecule has 0 saturated carbocycles. The van der Waals surface area contributed by atoms with Gasteiger partial charge in [-0.2, -0.15) is 0 Å². The molecule has 0 fully saturated rings. The molecular weight excluding hydrogens is 214 g/mol. The summed E-state index contributed by atoms with van der Waals surface area (Å²) in [6.45, 7) is 2.92. The van der Waals surface area contributed by atoms with E-state index in [4.69, 9.17) is 0 Å². The maximum atomic E-state index is 11.6. The van der Waals surface area contributed by atoms with E-state index in [1.54, 1.807) is 0 Å². The molecule has 0 unspecified atom stereocenters. The van der Waals surface area contributed by atoms with Crippen molar-refractivity contribution in [3.8, 4) is 0 Å². The molecule has 1 amide bonds. The molecule has 0 aliphatic heterocycles. The zero-order valence-corrected chi connectivity index (χ0v) is 9.90. The number of aliphatic hydroxyl groups is 1. The van der Waals surface area contributed by atoms with Gasteiger partial charge >= 0.3 is 0 Å². The van der Waals surface area contributed by atoms with Crippen LogP contribution >= 0.6 is 0 Å². The number of fused-ring (bicyclic) bond motifs is 1. The summed E-state index contributed by atoms with van der Waals surface area (Å²) in [5.74, 6) is -0.409. The van der Waals surface area contributed by atoms with Crippen molar-refractivity contribution in [3.05, 3.63) is 42.5 Å². The van der Waals surface area contributed by atoms with E-state index in [0.717, 1.165) is 10.8 Å². The zero-order chi connectivity index (χ0) is 12.5. The van der Waals surface area contributed by atoms with Gasteiger partial charge in [0.1, 0.15) is 5.60 Å². The third kappa shape index (κ3) is 2.63. The van der Waals surface area contributed by atoms with E-state index in [9.17, 15) is 9.90 Å². The molecule has 0 radical (unpaired) electrons. The lowest BCUT2D eigenvalue weighted by Gasteiger charge is -2.16. The Labute approximate surface area is 100 Å². The van der Waals surface area contributed by atoms with Crippen LogP contribution in [0.2, 0.25) is 0 Å². The molecule has 2 aromatic carbocycles. The molecule has 0 heterocycles. The van der Waals surface area contributed by atoms with Crippen LogP contribution in [0.3, 0.4) is 0 Å². The minimum atomic E-state index is -1.37. The Bertz CT molecular complexity index is 555. The fraction of sp³-hybridized carbons (Fsp3) is 0.214. The van der Waals surface area contributed by atoms with Gasteiger partial charge in [0.05, 0.1) is 0 Å². The van der Waals surface area contributed by atoms with E-state index < -0.39 is 11.5 Å². The molecule has 17 heavy (non-hydrogen) atoms. The molecule has 2 rings (SSSR count). The Morgan fingerprint density at radius 2 is 1.76 bits per heavy atom. The Morgan fingerprint density at radius 3 is 2.41 bits per heavy atom. The minimum Gasteiger partial charge on any atom is -0.381 e. The number of amides is 1. The van der Waals surface area contributed by atoms with Gasteiger partial charge in [0, 0.05) is 5.69 Å². The van der Waals surface area contributed by atoms with Crippen molar-refractivity contribution in [2.75, 3.05) is 5.32 Å². The Morgan fingerprint density at radius 1 is 1.12 bits per heavy atom. The van der Waals surface area contributed by atoms with Crippen LogP contribution in [0.1, 0.15) is 13.8 Å². The van der Waals surface area contributed by atoms with Crippen molar-refractivity contribution < 1.29 is 9.90 Å². The Balaban J connectivity index is 2.29. The number of hydrogen-bond acceptors (Lipinski definition) is 2. The standard InChI is InChI=1S/C14H15NO2/c1-14(2,17)13(16)15-12-8-7-10-5-3-4-6-11(10)9-12/h3-9,17H,1-2H3,(H,15,16). The van der Waals surface area contributed by atoms with Crippen molar-refractivity contribution in [1.82, 2.24) is 0 Å². The van der Waals surface area contributed by atoms with Crippen LogP contribution < -0.4 is 5.32 Å². The van der Waals surface area contributed by atoms with Crippen LogP contribution in [0, 0.1) is 0 Å². The summed E-state index contributed by atoms with van der Waals surface area (Å²) < 4.78 is 0. The molecule has 0 spiro atoms. The van der Waals surface area contributed by atoms with E-state index in [0.29, 0.717) is 5.69 Å². The number of hydrogen-bond donors (Lipinski definition) is 2. The van der Waals surface area contributed by atoms with Crippen molar-refractivity contribution in [3.63, 3.8) is 0 Å². The summed E-state index contributed by atoms with van der Waals surface area (Å²) in [5, 5.41) is 14.4. The van der Waals surface area contributed by atoms with Gasteiger partial charge < -0.3 is 10.4 Å². The van der Waals surface area contributed by atoms with E-state index in [1.807, 2.05) is 42.5 Å². The maximum absolute atomic E-state index is 11.6. The number of benzene rings is 2. The minimum absolute atomic E-state index is 0.409. The third-order valence-electron chi connectivity index (χ3n) is 2.56. The third-order valence-corrected chi connectivity index (χ3v) is 2.56. The summed E-state index contributed by atoms with van der Waals surface area (Å²) in [4.78, 5) is 11.6. The molecular formula is C14H15NO2. The average molecular weight is 229 g/mol. The number of carbonyl (C=O) groups excluding carboxylic acids is 1. The smallest absolute Gasteiger partial charge is 0.255 e. The largest absolute Gasteiger partial charge is 0.381 e. The van der Waals surface area contributed by atoms with E-state index in [2.05, 4.69) is 5.32 Å². The molecule has 2 N–H and O–H groups in total. The summed E-state index contributed by atoms with van der Waals surface area (Å²) in [6, 6.07) is 13.6. The van der Waals surface area contributed by atoms with Gasteiger partial charge in [-0.25, -0.2) is 0 Å². The molecule has 0 aliphatic carbocycles. The lowest BCUT2D eigenvalue weighted by atomic mass is 10.1. The number of carbonyl (C=O) groups is 1. The monoisotopic (exact) mass is 229 g/mol. The van der Waals surface area contributed by atoms with Gasteiger partial charge in [-0.3, -0.25) is 4.79 Å². The van der Waals surface area contributed by atoms with Gasteiger partial charge in [-0.05, 0) is 36.8 Å². The highest BCUT2D eigenvalue weighted by Crippen LogP contribution is 2.19. The first-order valence-electron chi connectivity index (χ1n) is 5.49. The molecule has 3 nitrogen and oxygen atoms in total. The van der Waals surface area contributed by atoms with Gasteiger partial charge in [-0.1, -0.05) is 30.3 Å². The van der Waals surface area contributed by atoms with E-state index >= 15 is 0 Å². The second-order valence-electron chi connectivity index (χ2n) is 4.58. The van der Waals surface area contributed by atoms with Crippen LogP contribution in [0.25, 0.3) is 10.8 Å². The van der Waals surface area contributed by atoms with Crippen molar-refractivity contribution >= 4 is 22.4 Å². The second-order valence-corrected chi connectivity index (χ2v) is 4.58. The normalized spacial score (nSPS) is 11.5. The van der Waals surface area contributed by atoms with Crippen LogP contribution in [-0.4, -0.2) is 16.6 Å². The number of anilines is 1. The van der Waals surface area contributed by atoms with Crippen molar-refractivity contribution in [1.29, 1.82) is 0 Å². The first-order chi connectivity index (χ1) is 7.97. The molecule has 0 atom stereocenters. The summed E-state index contributed by atoms with van der Waals surface area (Å²) in [6.07, 6.45) is 0. The molecule has 88 valence electrons. The first kappa shape index (κ1) is 11.6. The molecule has 0 aliphatic rings. The average Bonchev–Trinajstić information content (AvgIpc) is 2.27. The summed E-state index contributed by atoms with van der Waals surface area (Å²) in [7, 11) is 0. The quantitative estimate of drug-likeness (QED) is 0.831. The molecule has 0 bridgehead atoms. The Hall–Kier alpha value is -1.87. The maximum Gasteiger partial charge on any atom is 0.255 e. The van der Waals surface area contributed by atoms with Gasteiger partial charge in [0.15, 0.2) is 0 Å². The van der Waals surface area contributed by atoms with Crippen LogP contribution in [0.15, 0.2) is 42.5 Å². The number of nitrogens with one attached hydrogen (secondary N) is 1. The van der Waals surface area contributed by atoms with E-state index in [1.165, 1.54) is 13.8 Å². The SMILES string of the molecule is CC(C)(O)C(=O)Nc1ccc2ccccc2c1. The Kier molecular flexibility index (Phi) is 2.86.